The number of H-pyrrole nitrogens is 1. The average molecular weight is 253 g/mol. The van der Waals surface area contributed by atoms with Gasteiger partial charge in [0.05, 0.1) is 5.56 Å². The summed E-state index contributed by atoms with van der Waals surface area (Å²) < 4.78 is 0. The minimum absolute atomic E-state index is 0.262. The molecule has 19 heavy (non-hydrogen) atoms. The van der Waals surface area contributed by atoms with E-state index in [0.29, 0.717) is 11.3 Å². The van der Waals surface area contributed by atoms with Crippen molar-refractivity contribution in [2.75, 3.05) is 11.1 Å². The van der Waals surface area contributed by atoms with Crippen molar-refractivity contribution in [1.29, 1.82) is 0 Å². The molecule has 3 aromatic rings. The number of hydrogen-bond acceptors (Lipinski definition) is 4. The van der Waals surface area contributed by atoms with Crippen LogP contribution in [0.2, 0.25) is 0 Å². The van der Waals surface area contributed by atoms with Crippen molar-refractivity contribution in [1.82, 2.24) is 15.0 Å². The fourth-order valence-electron chi connectivity index (χ4n) is 1.86. The zero-order valence-electron chi connectivity index (χ0n) is 9.92. The number of aromatic amines is 1. The highest BCUT2D eigenvalue weighted by atomic mass is 16.1. The Kier molecular flexibility index (Phi) is 2.60. The molecule has 0 saturated carbocycles. The Bertz CT molecular complexity index is 735. The van der Waals surface area contributed by atoms with Crippen molar-refractivity contribution < 1.29 is 4.79 Å². The van der Waals surface area contributed by atoms with Crippen LogP contribution < -0.4 is 11.1 Å². The Morgan fingerprint density at radius 2 is 2.05 bits per heavy atom. The van der Waals surface area contributed by atoms with Crippen molar-refractivity contribution >= 4 is 28.4 Å². The van der Waals surface area contributed by atoms with Gasteiger partial charge in [0, 0.05) is 35.2 Å². The largest absolute Gasteiger partial charge is 0.399 e. The van der Waals surface area contributed by atoms with E-state index in [0.717, 1.165) is 10.9 Å². The molecule has 1 amide bonds. The number of fused-ring (bicyclic) bond motifs is 1. The first-order valence-corrected chi connectivity index (χ1v) is 5.69. The molecule has 6 nitrogen and oxygen atoms in total. The van der Waals surface area contributed by atoms with Crippen LogP contribution in [0.1, 0.15) is 10.4 Å². The van der Waals surface area contributed by atoms with Crippen molar-refractivity contribution in [2.45, 2.75) is 0 Å². The monoisotopic (exact) mass is 253 g/mol. The van der Waals surface area contributed by atoms with Crippen LogP contribution in [0.3, 0.4) is 0 Å². The van der Waals surface area contributed by atoms with E-state index < -0.39 is 0 Å². The molecule has 2 aromatic heterocycles. The van der Waals surface area contributed by atoms with Gasteiger partial charge in [0.2, 0.25) is 5.95 Å². The highest BCUT2D eigenvalue weighted by Crippen LogP contribution is 2.21. The molecule has 94 valence electrons. The van der Waals surface area contributed by atoms with Gasteiger partial charge >= 0.3 is 0 Å². The van der Waals surface area contributed by atoms with E-state index >= 15 is 0 Å². The standard InChI is InChI=1S/C13H11N5O/c14-8-2-3-9-10(7-17-11(9)6-8)12(19)18-13-15-4-1-5-16-13/h1-7,17H,14H2,(H,15,16,18,19). The molecule has 2 heterocycles. The number of rotatable bonds is 2. The second kappa shape index (κ2) is 4.41. The van der Waals surface area contributed by atoms with Crippen LogP contribution in [0.5, 0.6) is 0 Å². The lowest BCUT2D eigenvalue weighted by atomic mass is 10.1. The Morgan fingerprint density at radius 3 is 2.84 bits per heavy atom. The Balaban J connectivity index is 1.94. The molecular weight excluding hydrogens is 242 g/mol. The number of nitrogens with one attached hydrogen (secondary N) is 2. The molecule has 3 rings (SSSR count). The number of nitrogen functional groups attached to an aromatic ring is 1. The minimum atomic E-state index is -0.262. The van der Waals surface area contributed by atoms with Gasteiger partial charge in [-0.2, -0.15) is 0 Å². The average Bonchev–Trinajstić information content (AvgIpc) is 2.82. The van der Waals surface area contributed by atoms with E-state index in [2.05, 4.69) is 20.3 Å². The molecule has 0 saturated heterocycles. The maximum atomic E-state index is 12.1. The lowest BCUT2D eigenvalue weighted by Gasteiger charge is -2.01. The van der Waals surface area contributed by atoms with Gasteiger partial charge in [-0.15, -0.1) is 0 Å². The van der Waals surface area contributed by atoms with Crippen molar-refractivity contribution in [3.8, 4) is 0 Å². The van der Waals surface area contributed by atoms with E-state index in [1.807, 2.05) is 6.07 Å². The third-order valence-corrected chi connectivity index (χ3v) is 2.74. The van der Waals surface area contributed by atoms with Crippen LogP contribution in [0, 0.1) is 0 Å². The van der Waals surface area contributed by atoms with Crippen LogP contribution in [-0.4, -0.2) is 20.9 Å². The van der Waals surface area contributed by atoms with Gasteiger partial charge in [0.25, 0.3) is 5.91 Å². The number of nitrogens with zero attached hydrogens (tertiary/aromatic N) is 2. The van der Waals surface area contributed by atoms with Gasteiger partial charge in [-0.25, -0.2) is 9.97 Å². The molecular formula is C13H11N5O. The number of carbonyl (C=O) groups is 1. The van der Waals surface area contributed by atoms with Crippen LogP contribution in [0.15, 0.2) is 42.9 Å². The third kappa shape index (κ3) is 2.11. The summed E-state index contributed by atoms with van der Waals surface area (Å²) in [4.78, 5) is 23.0. The predicted octanol–water partition coefficient (Wildman–Crippen LogP) is 1.79. The van der Waals surface area contributed by atoms with Crippen molar-refractivity contribution in [2.24, 2.45) is 0 Å². The molecule has 0 bridgehead atoms. The van der Waals surface area contributed by atoms with Gasteiger partial charge in [-0.05, 0) is 24.3 Å². The molecule has 0 aliphatic rings. The summed E-state index contributed by atoms with van der Waals surface area (Å²) in [7, 11) is 0. The summed E-state index contributed by atoms with van der Waals surface area (Å²) in [6.45, 7) is 0. The lowest BCUT2D eigenvalue weighted by molar-refractivity contribution is 0.102. The highest BCUT2D eigenvalue weighted by Gasteiger charge is 2.12. The highest BCUT2D eigenvalue weighted by molar-refractivity contribution is 6.12. The first kappa shape index (κ1) is 11.2. The van der Waals surface area contributed by atoms with Crippen LogP contribution in [-0.2, 0) is 0 Å². The summed E-state index contributed by atoms with van der Waals surface area (Å²) >= 11 is 0. The Hall–Kier alpha value is -2.89. The zero-order chi connectivity index (χ0) is 13.2. The van der Waals surface area contributed by atoms with Crippen molar-refractivity contribution in [3.05, 3.63) is 48.4 Å². The van der Waals surface area contributed by atoms with Gasteiger partial charge in [-0.1, -0.05) is 0 Å². The van der Waals surface area contributed by atoms with Crippen molar-refractivity contribution in [3.63, 3.8) is 0 Å². The summed E-state index contributed by atoms with van der Waals surface area (Å²) in [6, 6.07) is 7.03. The first-order chi connectivity index (χ1) is 9.24. The summed E-state index contributed by atoms with van der Waals surface area (Å²) in [5.41, 5.74) is 7.69. The van der Waals surface area contributed by atoms with Gasteiger partial charge < -0.3 is 10.7 Å². The maximum Gasteiger partial charge on any atom is 0.260 e. The molecule has 1 aromatic carbocycles. The summed E-state index contributed by atoms with van der Waals surface area (Å²) in [5.74, 6) is 0.0134. The predicted molar refractivity (Wildman–Crippen MR) is 72.7 cm³/mol. The summed E-state index contributed by atoms with van der Waals surface area (Å²) in [6.07, 6.45) is 4.78. The normalized spacial score (nSPS) is 10.5. The van der Waals surface area contributed by atoms with E-state index in [-0.39, 0.29) is 11.9 Å². The number of benzene rings is 1. The van der Waals surface area contributed by atoms with E-state index in [1.165, 1.54) is 0 Å². The number of hydrogen-bond donors (Lipinski definition) is 3. The van der Waals surface area contributed by atoms with Crippen LogP contribution in [0.25, 0.3) is 10.9 Å². The van der Waals surface area contributed by atoms with Gasteiger partial charge in [-0.3, -0.25) is 10.1 Å². The van der Waals surface area contributed by atoms with E-state index in [9.17, 15) is 4.79 Å². The second-order valence-electron chi connectivity index (χ2n) is 4.03. The van der Waals surface area contributed by atoms with Crippen LogP contribution >= 0.6 is 0 Å². The lowest BCUT2D eigenvalue weighted by Crippen LogP contribution is -2.13. The Labute approximate surface area is 108 Å². The molecule has 0 unspecified atom stereocenters. The maximum absolute atomic E-state index is 12.1. The zero-order valence-corrected chi connectivity index (χ0v) is 9.92. The molecule has 0 atom stereocenters. The Morgan fingerprint density at radius 1 is 1.26 bits per heavy atom. The van der Waals surface area contributed by atoms with Gasteiger partial charge in [0.1, 0.15) is 0 Å². The molecule has 0 radical (unpaired) electrons. The number of amides is 1. The fraction of sp³-hybridized carbons (Fsp3) is 0. The molecule has 0 spiro atoms. The minimum Gasteiger partial charge on any atom is -0.399 e. The smallest absolute Gasteiger partial charge is 0.260 e. The number of anilines is 2. The molecule has 0 aliphatic carbocycles. The summed E-state index contributed by atoms with van der Waals surface area (Å²) in [5, 5.41) is 3.45. The first-order valence-electron chi connectivity index (χ1n) is 5.69. The fourth-order valence-corrected chi connectivity index (χ4v) is 1.86. The molecule has 0 fully saturated rings. The second-order valence-corrected chi connectivity index (χ2v) is 4.03. The van der Waals surface area contributed by atoms with E-state index in [4.69, 9.17) is 5.73 Å². The number of carbonyl (C=O) groups excluding carboxylic acids is 1. The number of nitrogens with two attached hydrogens (primary N) is 1. The van der Waals surface area contributed by atoms with E-state index in [1.54, 1.807) is 36.8 Å². The molecule has 4 N–H and O–H groups in total. The molecule has 6 heteroatoms. The topological polar surface area (TPSA) is 96.7 Å². The van der Waals surface area contributed by atoms with Gasteiger partial charge in [0.15, 0.2) is 0 Å². The SMILES string of the molecule is Nc1ccc2c(C(=O)Nc3ncccn3)c[nH]c2c1. The molecule has 0 aliphatic heterocycles. The van der Waals surface area contributed by atoms with Crippen LogP contribution in [0.4, 0.5) is 11.6 Å². The quantitative estimate of drug-likeness (QED) is 0.606. The number of aromatic nitrogens is 3. The third-order valence-electron chi connectivity index (χ3n) is 2.74.